The highest BCUT2D eigenvalue weighted by Gasteiger charge is 2.41. The van der Waals surface area contributed by atoms with Crippen molar-refractivity contribution in [2.75, 3.05) is 26.2 Å². The van der Waals surface area contributed by atoms with E-state index in [-0.39, 0.29) is 0 Å². The summed E-state index contributed by atoms with van der Waals surface area (Å²) in [5.74, 6) is 3.61. The van der Waals surface area contributed by atoms with E-state index in [1.165, 1.54) is 50.2 Å². The van der Waals surface area contributed by atoms with Gasteiger partial charge in [-0.2, -0.15) is 0 Å². The molecule has 1 N–H and O–H groups in total. The SMILES string of the molecule is CCC(CC)c1cc(C2CN3CCC2CC3CNCC2CC2)nc(-c2ccncc2)n1. The highest BCUT2D eigenvalue weighted by atomic mass is 15.2. The van der Waals surface area contributed by atoms with E-state index in [0.717, 1.165) is 49.2 Å². The summed E-state index contributed by atoms with van der Waals surface area (Å²) < 4.78 is 0. The van der Waals surface area contributed by atoms with Crippen LogP contribution < -0.4 is 5.32 Å². The predicted molar refractivity (Wildman–Crippen MR) is 125 cm³/mol. The molecule has 2 aromatic rings. The van der Waals surface area contributed by atoms with Crippen molar-refractivity contribution >= 4 is 0 Å². The Morgan fingerprint density at radius 3 is 2.55 bits per heavy atom. The van der Waals surface area contributed by atoms with Gasteiger partial charge in [0.1, 0.15) is 0 Å². The molecule has 5 heterocycles. The maximum atomic E-state index is 5.13. The molecule has 2 aromatic heterocycles. The monoisotopic (exact) mass is 419 g/mol. The van der Waals surface area contributed by atoms with Crippen LogP contribution in [0.1, 0.15) is 75.6 Å². The molecule has 0 aromatic carbocycles. The Balaban J connectivity index is 1.38. The smallest absolute Gasteiger partial charge is 0.159 e. The van der Waals surface area contributed by atoms with E-state index in [9.17, 15) is 0 Å². The van der Waals surface area contributed by atoms with Crippen LogP contribution in [0.3, 0.4) is 0 Å². The predicted octanol–water partition coefficient (Wildman–Crippen LogP) is 4.62. The highest BCUT2D eigenvalue weighted by Crippen LogP contribution is 2.42. The van der Waals surface area contributed by atoms with Crippen molar-refractivity contribution in [2.24, 2.45) is 11.8 Å². The normalized spacial score (nSPS) is 27.7. The van der Waals surface area contributed by atoms with Gasteiger partial charge in [0, 0.05) is 60.3 Å². The number of piperidine rings is 3. The van der Waals surface area contributed by atoms with E-state index in [1.54, 1.807) is 0 Å². The Morgan fingerprint density at radius 1 is 1.06 bits per heavy atom. The van der Waals surface area contributed by atoms with Gasteiger partial charge >= 0.3 is 0 Å². The summed E-state index contributed by atoms with van der Waals surface area (Å²) in [5, 5.41) is 3.75. The van der Waals surface area contributed by atoms with Crippen LogP contribution in [0.2, 0.25) is 0 Å². The maximum absolute atomic E-state index is 5.13. The van der Waals surface area contributed by atoms with Gasteiger partial charge < -0.3 is 5.32 Å². The van der Waals surface area contributed by atoms with Gasteiger partial charge in [-0.1, -0.05) is 13.8 Å². The van der Waals surface area contributed by atoms with Crippen LogP contribution in [-0.4, -0.2) is 52.1 Å². The van der Waals surface area contributed by atoms with E-state index in [0.29, 0.717) is 17.9 Å². The third-order valence-electron chi connectivity index (χ3n) is 7.88. The van der Waals surface area contributed by atoms with Gasteiger partial charge in [-0.15, -0.1) is 0 Å². The molecule has 0 spiro atoms. The minimum Gasteiger partial charge on any atom is -0.315 e. The first-order chi connectivity index (χ1) is 15.2. The molecule has 3 saturated heterocycles. The van der Waals surface area contributed by atoms with Crippen molar-refractivity contribution in [3.63, 3.8) is 0 Å². The second-order valence-electron chi connectivity index (χ2n) is 9.93. The highest BCUT2D eigenvalue weighted by molar-refractivity contribution is 5.54. The first-order valence-corrected chi connectivity index (χ1v) is 12.5. The molecule has 4 atom stereocenters. The van der Waals surface area contributed by atoms with E-state index in [2.05, 4.69) is 35.1 Å². The molecule has 4 unspecified atom stereocenters. The summed E-state index contributed by atoms with van der Waals surface area (Å²) in [5.41, 5.74) is 3.57. The minimum atomic E-state index is 0.503. The van der Waals surface area contributed by atoms with Gasteiger partial charge in [0.05, 0.1) is 0 Å². The minimum absolute atomic E-state index is 0.503. The Labute approximate surface area is 187 Å². The lowest BCUT2D eigenvalue weighted by atomic mass is 9.74. The zero-order valence-electron chi connectivity index (χ0n) is 19.1. The zero-order chi connectivity index (χ0) is 21.2. The van der Waals surface area contributed by atoms with Gasteiger partial charge in [0.2, 0.25) is 0 Å². The van der Waals surface area contributed by atoms with Crippen LogP contribution in [0.25, 0.3) is 11.4 Å². The topological polar surface area (TPSA) is 53.9 Å². The van der Waals surface area contributed by atoms with Crippen LogP contribution in [0.4, 0.5) is 0 Å². The van der Waals surface area contributed by atoms with Gasteiger partial charge in [-0.25, -0.2) is 9.97 Å². The number of aromatic nitrogens is 3. The Bertz CT molecular complexity index is 861. The third-order valence-corrected chi connectivity index (χ3v) is 7.88. The molecular weight excluding hydrogens is 382 g/mol. The number of fused-ring (bicyclic) bond motifs is 3. The number of pyridine rings is 1. The first-order valence-electron chi connectivity index (χ1n) is 12.5. The second-order valence-corrected chi connectivity index (χ2v) is 9.93. The lowest BCUT2D eigenvalue weighted by Crippen LogP contribution is -2.55. The molecule has 4 aliphatic rings. The van der Waals surface area contributed by atoms with E-state index < -0.39 is 0 Å². The molecule has 1 aliphatic carbocycles. The zero-order valence-corrected chi connectivity index (χ0v) is 19.1. The van der Waals surface area contributed by atoms with Crippen molar-refractivity contribution in [1.82, 2.24) is 25.2 Å². The fraction of sp³-hybridized carbons (Fsp3) is 0.654. The van der Waals surface area contributed by atoms with E-state index in [4.69, 9.17) is 9.97 Å². The molecule has 3 aliphatic heterocycles. The average molecular weight is 420 g/mol. The number of hydrogen-bond acceptors (Lipinski definition) is 5. The van der Waals surface area contributed by atoms with E-state index >= 15 is 0 Å². The molecule has 1 saturated carbocycles. The van der Waals surface area contributed by atoms with E-state index in [1.807, 2.05) is 24.5 Å². The molecular formula is C26H37N5. The Morgan fingerprint density at radius 2 is 1.87 bits per heavy atom. The Kier molecular flexibility index (Phi) is 6.33. The molecule has 0 radical (unpaired) electrons. The van der Waals surface area contributed by atoms with Crippen LogP contribution in [0.5, 0.6) is 0 Å². The largest absolute Gasteiger partial charge is 0.315 e. The van der Waals surface area contributed by atoms with Gasteiger partial charge in [-0.05, 0) is 81.6 Å². The van der Waals surface area contributed by atoms with Gasteiger partial charge in [0.25, 0.3) is 0 Å². The lowest BCUT2D eigenvalue weighted by Gasteiger charge is -2.50. The molecule has 31 heavy (non-hydrogen) atoms. The molecule has 5 heteroatoms. The number of hydrogen-bond donors (Lipinski definition) is 1. The van der Waals surface area contributed by atoms with Crippen LogP contribution in [0, 0.1) is 11.8 Å². The summed E-state index contributed by atoms with van der Waals surface area (Å²) in [6, 6.07) is 7.12. The van der Waals surface area contributed by atoms with Crippen molar-refractivity contribution in [3.8, 4) is 11.4 Å². The standard InChI is InChI=1S/C26H37N5/c1-3-19(4-2)24-14-25(30-26(29-24)20-7-10-27-11-8-20)23-17-31-12-9-21(23)13-22(31)16-28-15-18-5-6-18/h7-8,10-11,14,18-19,21-23,28H,3-6,9,12-13,15-17H2,1-2H3. The average Bonchev–Trinajstić information content (AvgIpc) is 3.65. The number of rotatable bonds is 9. The van der Waals surface area contributed by atoms with Crippen molar-refractivity contribution < 1.29 is 0 Å². The molecule has 4 fully saturated rings. The summed E-state index contributed by atoms with van der Waals surface area (Å²) in [7, 11) is 0. The third kappa shape index (κ3) is 4.68. The van der Waals surface area contributed by atoms with Gasteiger partial charge in [0.15, 0.2) is 5.82 Å². The van der Waals surface area contributed by atoms with Crippen molar-refractivity contribution in [3.05, 3.63) is 42.0 Å². The molecule has 6 rings (SSSR count). The van der Waals surface area contributed by atoms with Crippen LogP contribution in [-0.2, 0) is 0 Å². The summed E-state index contributed by atoms with van der Waals surface area (Å²) in [6.07, 6.45) is 11.4. The fourth-order valence-electron chi connectivity index (χ4n) is 5.68. The molecule has 5 nitrogen and oxygen atoms in total. The van der Waals surface area contributed by atoms with Gasteiger partial charge in [-0.3, -0.25) is 9.88 Å². The maximum Gasteiger partial charge on any atom is 0.159 e. The number of nitrogens with zero attached hydrogens (tertiary/aromatic N) is 4. The molecule has 2 bridgehead atoms. The first kappa shape index (κ1) is 21.0. The number of nitrogens with one attached hydrogen (secondary N) is 1. The fourth-order valence-corrected chi connectivity index (χ4v) is 5.68. The molecule has 0 amide bonds. The van der Waals surface area contributed by atoms with Crippen LogP contribution in [0.15, 0.2) is 30.6 Å². The molecule has 166 valence electrons. The Hall–Kier alpha value is -1.85. The van der Waals surface area contributed by atoms with Crippen molar-refractivity contribution in [1.29, 1.82) is 0 Å². The summed E-state index contributed by atoms with van der Waals surface area (Å²) in [4.78, 5) is 17.1. The lowest BCUT2D eigenvalue weighted by molar-refractivity contribution is 0.0293. The van der Waals surface area contributed by atoms with Crippen LogP contribution >= 0.6 is 0 Å². The van der Waals surface area contributed by atoms with Crippen molar-refractivity contribution in [2.45, 2.75) is 70.3 Å². The summed E-state index contributed by atoms with van der Waals surface area (Å²) >= 11 is 0. The quantitative estimate of drug-likeness (QED) is 0.643. The summed E-state index contributed by atoms with van der Waals surface area (Å²) in [6.45, 7) is 9.32. The second kappa shape index (κ2) is 9.33.